The minimum atomic E-state index is -0.116. The van der Waals surface area contributed by atoms with E-state index >= 15 is 0 Å². The fraction of sp³-hybridized carbons (Fsp3) is 0.538. The predicted octanol–water partition coefficient (Wildman–Crippen LogP) is 3.95. The van der Waals surface area contributed by atoms with Crippen LogP contribution in [0.5, 0.6) is 5.75 Å². The Balaban J connectivity index is 2.78. The van der Waals surface area contributed by atoms with E-state index in [1.54, 1.807) is 7.11 Å². The lowest BCUT2D eigenvalue weighted by molar-refractivity contribution is 0.368. The molecular formula is C13H19BrClNO. The highest BCUT2D eigenvalue weighted by atomic mass is 79.9. The topological polar surface area (TPSA) is 21.3 Å². The maximum absolute atomic E-state index is 6.14. The van der Waals surface area contributed by atoms with E-state index in [-0.39, 0.29) is 10.9 Å². The van der Waals surface area contributed by atoms with Crippen LogP contribution in [-0.4, -0.2) is 18.0 Å². The lowest BCUT2D eigenvalue weighted by Crippen LogP contribution is -2.45. The molecule has 0 aliphatic rings. The van der Waals surface area contributed by atoms with E-state index in [1.807, 2.05) is 19.1 Å². The maximum Gasteiger partial charge on any atom is 0.123 e. The van der Waals surface area contributed by atoms with Gasteiger partial charge in [0.1, 0.15) is 5.75 Å². The quantitative estimate of drug-likeness (QED) is 0.829. The van der Waals surface area contributed by atoms with Gasteiger partial charge in [-0.1, -0.05) is 15.9 Å². The molecule has 1 aromatic carbocycles. The van der Waals surface area contributed by atoms with Crippen molar-refractivity contribution in [2.24, 2.45) is 0 Å². The zero-order valence-electron chi connectivity index (χ0n) is 10.7. The normalized spacial score (nSPS) is 13.5. The van der Waals surface area contributed by atoms with Crippen molar-refractivity contribution in [3.05, 3.63) is 28.2 Å². The summed E-state index contributed by atoms with van der Waals surface area (Å²) in [6.07, 6.45) is 0. The number of rotatable bonds is 5. The van der Waals surface area contributed by atoms with Gasteiger partial charge >= 0.3 is 0 Å². The monoisotopic (exact) mass is 319 g/mol. The standard InChI is InChI=1S/C13H19BrClNO/c1-9(15)13(2,3)16-8-10-7-11(14)5-6-12(10)17-4/h5-7,9,16H,8H2,1-4H3. The first kappa shape index (κ1) is 14.8. The molecule has 2 nitrogen and oxygen atoms in total. The SMILES string of the molecule is COc1ccc(Br)cc1CNC(C)(C)C(C)Cl. The van der Waals surface area contributed by atoms with E-state index in [2.05, 4.69) is 41.2 Å². The summed E-state index contributed by atoms with van der Waals surface area (Å²) in [7, 11) is 1.68. The molecule has 96 valence electrons. The summed E-state index contributed by atoms with van der Waals surface area (Å²) in [6.45, 7) is 6.91. The van der Waals surface area contributed by atoms with Crippen LogP contribution >= 0.6 is 27.5 Å². The van der Waals surface area contributed by atoms with Crippen LogP contribution in [0.15, 0.2) is 22.7 Å². The molecule has 0 aliphatic heterocycles. The molecule has 1 atom stereocenters. The average Bonchev–Trinajstić information content (AvgIpc) is 2.26. The van der Waals surface area contributed by atoms with Crippen LogP contribution in [0.3, 0.4) is 0 Å². The number of benzene rings is 1. The van der Waals surface area contributed by atoms with Crippen molar-refractivity contribution >= 4 is 27.5 Å². The molecule has 1 rings (SSSR count). The van der Waals surface area contributed by atoms with Crippen molar-refractivity contribution in [2.75, 3.05) is 7.11 Å². The Morgan fingerprint density at radius 3 is 2.65 bits per heavy atom. The second-order valence-corrected chi connectivity index (χ2v) is 6.22. The van der Waals surface area contributed by atoms with E-state index in [0.29, 0.717) is 0 Å². The zero-order chi connectivity index (χ0) is 13.1. The molecule has 1 aromatic rings. The lowest BCUT2D eigenvalue weighted by Gasteiger charge is -2.29. The lowest BCUT2D eigenvalue weighted by atomic mass is 10.0. The molecule has 1 unspecified atom stereocenters. The van der Waals surface area contributed by atoms with E-state index < -0.39 is 0 Å². The maximum atomic E-state index is 6.14. The number of methoxy groups -OCH3 is 1. The zero-order valence-corrected chi connectivity index (χ0v) is 13.0. The number of halogens is 2. The first-order valence-electron chi connectivity index (χ1n) is 5.58. The third-order valence-corrected chi connectivity index (χ3v) is 4.01. The molecule has 0 amide bonds. The molecular weight excluding hydrogens is 302 g/mol. The van der Waals surface area contributed by atoms with Crippen LogP contribution in [0.1, 0.15) is 26.3 Å². The molecule has 4 heteroatoms. The van der Waals surface area contributed by atoms with Crippen molar-refractivity contribution < 1.29 is 4.74 Å². The first-order valence-corrected chi connectivity index (χ1v) is 6.81. The van der Waals surface area contributed by atoms with Crippen LogP contribution < -0.4 is 10.1 Å². The largest absolute Gasteiger partial charge is 0.496 e. The van der Waals surface area contributed by atoms with Gasteiger partial charge in [0.25, 0.3) is 0 Å². The number of hydrogen-bond donors (Lipinski definition) is 1. The summed E-state index contributed by atoms with van der Waals surface area (Å²) in [5.74, 6) is 0.888. The molecule has 0 saturated carbocycles. The minimum absolute atomic E-state index is 0.0562. The molecule has 1 N–H and O–H groups in total. The molecule has 0 aromatic heterocycles. The molecule has 0 bridgehead atoms. The molecule has 0 radical (unpaired) electrons. The van der Waals surface area contributed by atoms with Crippen LogP contribution in [0.2, 0.25) is 0 Å². The summed E-state index contributed by atoms with van der Waals surface area (Å²) in [6, 6.07) is 5.98. The highest BCUT2D eigenvalue weighted by Crippen LogP contribution is 2.24. The molecule has 17 heavy (non-hydrogen) atoms. The molecule has 0 heterocycles. The highest BCUT2D eigenvalue weighted by molar-refractivity contribution is 9.10. The van der Waals surface area contributed by atoms with Gasteiger partial charge in [-0.25, -0.2) is 0 Å². The van der Waals surface area contributed by atoms with Gasteiger partial charge in [0.05, 0.1) is 7.11 Å². The molecule has 0 saturated heterocycles. The summed E-state index contributed by atoms with van der Waals surface area (Å²) in [5.41, 5.74) is 1.00. The summed E-state index contributed by atoms with van der Waals surface area (Å²) in [5, 5.41) is 3.50. The van der Waals surface area contributed by atoms with Crippen LogP contribution in [-0.2, 0) is 6.54 Å². The molecule has 0 fully saturated rings. The average molecular weight is 321 g/mol. The third-order valence-electron chi connectivity index (χ3n) is 2.97. The summed E-state index contributed by atoms with van der Waals surface area (Å²) in [4.78, 5) is 0. The van der Waals surface area contributed by atoms with Crippen molar-refractivity contribution in [1.82, 2.24) is 5.32 Å². The fourth-order valence-electron chi connectivity index (χ4n) is 1.35. The van der Waals surface area contributed by atoms with Gasteiger partial charge in [0.2, 0.25) is 0 Å². The van der Waals surface area contributed by atoms with Gasteiger partial charge in [-0.3, -0.25) is 0 Å². The third kappa shape index (κ3) is 4.16. The highest BCUT2D eigenvalue weighted by Gasteiger charge is 2.23. The number of alkyl halides is 1. The van der Waals surface area contributed by atoms with Gasteiger partial charge < -0.3 is 10.1 Å². The number of nitrogens with one attached hydrogen (secondary N) is 1. The Bertz CT molecular complexity index is 380. The predicted molar refractivity (Wildman–Crippen MR) is 76.9 cm³/mol. The van der Waals surface area contributed by atoms with E-state index in [9.17, 15) is 0 Å². The number of hydrogen-bond acceptors (Lipinski definition) is 2. The second kappa shape index (κ2) is 6.07. The van der Waals surface area contributed by atoms with Gasteiger partial charge in [-0.2, -0.15) is 0 Å². The summed E-state index contributed by atoms with van der Waals surface area (Å²) >= 11 is 9.60. The van der Waals surface area contributed by atoms with Crippen molar-refractivity contribution in [2.45, 2.75) is 38.2 Å². The van der Waals surface area contributed by atoms with E-state index in [4.69, 9.17) is 16.3 Å². The van der Waals surface area contributed by atoms with E-state index in [0.717, 1.165) is 22.3 Å². The minimum Gasteiger partial charge on any atom is -0.496 e. The smallest absolute Gasteiger partial charge is 0.123 e. The molecule has 0 spiro atoms. The van der Waals surface area contributed by atoms with Gasteiger partial charge in [0.15, 0.2) is 0 Å². The van der Waals surface area contributed by atoms with Crippen LogP contribution in [0, 0.1) is 0 Å². The molecule has 0 aliphatic carbocycles. The number of ether oxygens (including phenoxy) is 1. The Labute approximate surface area is 117 Å². The Morgan fingerprint density at radius 2 is 2.12 bits per heavy atom. The first-order chi connectivity index (χ1) is 7.86. The van der Waals surface area contributed by atoms with Gasteiger partial charge in [0, 0.05) is 27.5 Å². The fourth-order valence-corrected chi connectivity index (χ4v) is 1.83. The van der Waals surface area contributed by atoms with E-state index in [1.165, 1.54) is 0 Å². The van der Waals surface area contributed by atoms with Crippen molar-refractivity contribution in [3.8, 4) is 5.75 Å². The van der Waals surface area contributed by atoms with Crippen LogP contribution in [0.25, 0.3) is 0 Å². The Hall–Kier alpha value is -0.250. The van der Waals surface area contributed by atoms with Crippen LogP contribution in [0.4, 0.5) is 0 Å². The Kier molecular flexibility index (Phi) is 5.29. The van der Waals surface area contributed by atoms with Crippen molar-refractivity contribution in [1.29, 1.82) is 0 Å². The van der Waals surface area contributed by atoms with Crippen molar-refractivity contribution in [3.63, 3.8) is 0 Å². The van der Waals surface area contributed by atoms with Gasteiger partial charge in [-0.15, -0.1) is 11.6 Å². The Morgan fingerprint density at radius 1 is 1.47 bits per heavy atom. The van der Waals surface area contributed by atoms with Gasteiger partial charge in [-0.05, 0) is 39.0 Å². The summed E-state index contributed by atoms with van der Waals surface area (Å²) < 4.78 is 6.38. The second-order valence-electron chi connectivity index (χ2n) is 4.65.